The zero-order chi connectivity index (χ0) is 9.97. The van der Waals surface area contributed by atoms with Crippen molar-refractivity contribution in [1.82, 2.24) is 4.98 Å². The summed E-state index contributed by atoms with van der Waals surface area (Å²) in [6.45, 7) is 0.483. The van der Waals surface area contributed by atoms with Crippen LogP contribution in [0.15, 0.2) is 17.2 Å². The number of hydrogen-bond donors (Lipinski definition) is 1. The smallest absolute Gasteiger partial charge is 0.151 e. The monoisotopic (exact) mass is 210 g/mol. The molecule has 2 N–H and O–H groups in total. The number of hydrogen-bond acceptors (Lipinski definition) is 4. The van der Waals surface area contributed by atoms with E-state index in [4.69, 9.17) is 10.5 Å². The molecule has 0 aromatic carbocycles. The molecule has 2 rings (SSSR count). The molecule has 1 aliphatic rings. The van der Waals surface area contributed by atoms with Crippen LogP contribution in [-0.4, -0.2) is 17.3 Å². The summed E-state index contributed by atoms with van der Waals surface area (Å²) in [5, 5.41) is 0. The summed E-state index contributed by atoms with van der Waals surface area (Å²) in [6, 6.07) is 2.00. The molecule has 0 amide bonds. The number of nitrogens with zero attached hydrogens (tertiary/aromatic N) is 1. The second kappa shape index (κ2) is 4.19. The molecule has 1 aromatic rings. The number of ether oxygens (including phenoxy) is 1. The Hall–Kier alpha value is -0.740. The average molecular weight is 210 g/mol. The maximum Gasteiger partial charge on any atom is 0.151 e. The van der Waals surface area contributed by atoms with E-state index in [-0.39, 0.29) is 0 Å². The molecular weight excluding hydrogens is 196 g/mol. The predicted molar refractivity (Wildman–Crippen MR) is 57.6 cm³/mol. The molecule has 1 aromatic heterocycles. The van der Waals surface area contributed by atoms with Crippen LogP contribution in [0.25, 0.3) is 0 Å². The first-order chi connectivity index (χ1) is 6.83. The SMILES string of the molecule is CSc1cc(CN)ncc1OC1CC1. The molecule has 0 atom stereocenters. The second-order valence-electron chi connectivity index (χ2n) is 3.35. The molecule has 3 nitrogen and oxygen atoms in total. The van der Waals surface area contributed by atoms with Gasteiger partial charge >= 0.3 is 0 Å². The fraction of sp³-hybridized carbons (Fsp3) is 0.500. The first-order valence-electron chi connectivity index (χ1n) is 4.73. The highest BCUT2D eigenvalue weighted by Gasteiger charge is 2.24. The van der Waals surface area contributed by atoms with Crippen molar-refractivity contribution in [3.63, 3.8) is 0 Å². The van der Waals surface area contributed by atoms with Gasteiger partial charge < -0.3 is 10.5 Å². The van der Waals surface area contributed by atoms with Gasteiger partial charge in [-0.15, -0.1) is 11.8 Å². The molecule has 76 valence electrons. The summed E-state index contributed by atoms with van der Waals surface area (Å²) in [5.41, 5.74) is 6.44. The van der Waals surface area contributed by atoms with Gasteiger partial charge in [0.15, 0.2) is 5.75 Å². The number of rotatable bonds is 4. The highest BCUT2D eigenvalue weighted by molar-refractivity contribution is 7.98. The predicted octanol–water partition coefficient (Wildman–Crippen LogP) is 1.80. The second-order valence-corrected chi connectivity index (χ2v) is 4.20. The van der Waals surface area contributed by atoms with E-state index < -0.39 is 0 Å². The standard InChI is InChI=1S/C10H14N2OS/c1-14-10-4-7(5-11)12-6-9(10)13-8-2-3-8/h4,6,8H,2-3,5,11H2,1H3. The van der Waals surface area contributed by atoms with Crippen molar-refractivity contribution in [1.29, 1.82) is 0 Å². The lowest BCUT2D eigenvalue weighted by Crippen LogP contribution is -2.02. The van der Waals surface area contributed by atoms with Gasteiger partial charge in [-0.3, -0.25) is 4.98 Å². The molecule has 0 radical (unpaired) electrons. The van der Waals surface area contributed by atoms with Gasteiger partial charge in [-0.2, -0.15) is 0 Å². The first kappa shape index (κ1) is 9.80. The third kappa shape index (κ3) is 2.19. The molecular formula is C10H14N2OS. The Bertz CT molecular complexity index is 326. The minimum absolute atomic E-state index is 0.423. The molecule has 1 saturated carbocycles. The van der Waals surface area contributed by atoms with Crippen LogP contribution in [0.3, 0.4) is 0 Å². The Morgan fingerprint density at radius 1 is 1.64 bits per heavy atom. The lowest BCUT2D eigenvalue weighted by molar-refractivity contribution is 0.294. The fourth-order valence-corrected chi connectivity index (χ4v) is 1.75. The molecule has 4 heteroatoms. The van der Waals surface area contributed by atoms with Crippen LogP contribution in [0.4, 0.5) is 0 Å². The molecule has 0 unspecified atom stereocenters. The number of aromatic nitrogens is 1. The minimum Gasteiger partial charge on any atom is -0.488 e. The fourth-order valence-electron chi connectivity index (χ4n) is 1.19. The molecule has 1 aliphatic carbocycles. The van der Waals surface area contributed by atoms with Gasteiger partial charge in [0, 0.05) is 6.54 Å². The van der Waals surface area contributed by atoms with Gasteiger partial charge in [0.25, 0.3) is 0 Å². The Kier molecular flexibility index (Phi) is 2.93. The molecule has 0 saturated heterocycles. The van der Waals surface area contributed by atoms with Crippen LogP contribution in [0.5, 0.6) is 5.75 Å². The van der Waals surface area contributed by atoms with E-state index in [2.05, 4.69) is 4.98 Å². The van der Waals surface area contributed by atoms with Crippen molar-refractivity contribution in [2.75, 3.05) is 6.26 Å². The van der Waals surface area contributed by atoms with Crippen LogP contribution in [0, 0.1) is 0 Å². The summed E-state index contributed by atoms with van der Waals surface area (Å²) in [6.07, 6.45) is 6.59. The highest BCUT2D eigenvalue weighted by atomic mass is 32.2. The zero-order valence-electron chi connectivity index (χ0n) is 8.19. The summed E-state index contributed by atoms with van der Waals surface area (Å²) in [7, 11) is 0. The lowest BCUT2D eigenvalue weighted by Gasteiger charge is -2.09. The number of pyridine rings is 1. The van der Waals surface area contributed by atoms with Crippen molar-refractivity contribution < 1.29 is 4.74 Å². The average Bonchev–Trinajstić information content (AvgIpc) is 3.02. The van der Waals surface area contributed by atoms with Gasteiger partial charge in [0.1, 0.15) is 0 Å². The molecule has 0 bridgehead atoms. The Morgan fingerprint density at radius 2 is 2.43 bits per heavy atom. The summed E-state index contributed by atoms with van der Waals surface area (Å²) in [4.78, 5) is 5.36. The molecule has 1 heterocycles. The molecule has 0 spiro atoms. The van der Waals surface area contributed by atoms with Gasteiger partial charge in [0.05, 0.1) is 22.9 Å². The molecule has 14 heavy (non-hydrogen) atoms. The summed E-state index contributed by atoms with van der Waals surface area (Å²) in [5.74, 6) is 0.900. The Labute approximate surface area is 88.0 Å². The maximum atomic E-state index is 5.72. The Morgan fingerprint density at radius 3 is 3.00 bits per heavy atom. The van der Waals surface area contributed by atoms with Crippen LogP contribution in [0.2, 0.25) is 0 Å². The van der Waals surface area contributed by atoms with Crippen molar-refractivity contribution in [2.45, 2.75) is 30.4 Å². The van der Waals surface area contributed by atoms with E-state index in [9.17, 15) is 0 Å². The lowest BCUT2D eigenvalue weighted by atomic mass is 10.3. The van der Waals surface area contributed by atoms with Crippen LogP contribution < -0.4 is 10.5 Å². The number of thioether (sulfide) groups is 1. The first-order valence-corrected chi connectivity index (χ1v) is 5.95. The quantitative estimate of drug-likeness (QED) is 0.770. The van der Waals surface area contributed by atoms with Crippen molar-refractivity contribution >= 4 is 11.8 Å². The minimum atomic E-state index is 0.423. The topological polar surface area (TPSA) is 48.1 Å². The van der Waals surface area contributed by atoms with E-state index in [1.54, 1.807) is 18.0 Å². The molecule has 1 fully saturated rings. The largest absolute Gasteiger partial charge is 0.488 e. The molecule has 0 aliphatic heterocycles. The van der Waals surface area contributed by atoms with Crippen molar-refractivity contribution in [3.05, 3.63) is 18.0 Å². The third-order valence-electron chi connectivity index (χ3n) is 2.14. The van der Waals surface area contributed by atoms with Gasteiger partial charge in [-0.1, -0.05) is 0 Å². The normalized spacial score (nSPS) is 15.6. The van der Waals surface area contributed by atoms with E-state index in [0.717, 1.165) is 16.3 Å². The van der Waals surface area contributed by atoms with Gasteiger partial charge in [-0.05, 0) is 25.2 Å². The van der Waals surface area contributed by atoms with Gasteiger partial charge in [-0.25, -0.2) is 0 Å². The van der Waals surface area contributed by atoms with Gasteiger partial charge in [0.2, 0.25) is 0 Å². The van der Waals surface area contributed by atoms with Crippen molar-refractivity contribution in [2.24, 2.45) is 5.73 Å². The van der Waals surface area contributed by atoms with E-state index in [1.165, 1.54) is 12.8 Å². The zero-order valence-corrected chi connectivity index (χ0v) is 9.01. The maximum absolute atomic E-state index is 5.72. The van der Waals surface area contributed by atoms with E-state index in [1.807, 2.05) is 12.3 Å². The summed E-state index contributed by atoms with van der Waals surface area (Å²) < 4.78 is 5.72. The van der Waals surface area contributed by atoms with Crippen LogP contribution in [-0.2, 0) is 6.54 Å². The number of nitrogens with two attached hydrogens (primary N) is 1. The highest BCUT2D eigenvalue weighted by Crippen LogP contribution is 2.33. The van der Waals surface area contributed by atoms with Crippen molar-refractivity contribution in [3.8, 4) is 5.75 Å². The van der Waals surface area contributed by atoms with E-state index in [0.29, 0.717) is 12.6 Å². The Balaban J connectivity index is 2.19. The van der Waals surface area contributed by atoms with E-state index >= 15 is 0 Å². The van der Waals surface area contributed by atoms with Crippen LogP contribution >= 0.6 is 11.8 Å². The summed E-state index contributed by atoms with van der Waals surface area (Å²) >= 11 is 1.67. The van der Waals surface area contributed by atoms with Crippen LogP contribution in [0.1, 0.15) is 18.5 Å². The third-order valence-corrected chi connectivity index (χ3v) is 2.89.